The molecule has 312 valence electrons. The molecule has 0 spiro atoms. The smallest absolute Gasteiger partial charge is 0.744 e. The Labute approximate surface area is 463 Å². The first-order valence-corrected chi connectivity index (χ1v) is 22.3. The van der Waals surface area contributed by atoms with Crippen molar-refractivity contribution >= 4 is 122 Å². The third-order valence-electron chi connectivity index (χ3n) is 7.49. The van der Waals surface area contributed by atoms with Gasteiger partial charge in [0.15, 0.2) is 0 Å². The van der Waals surface area contributed by atoms with Crippen molar-refractivity contribution in [3.05, 3.63) is 107 Å². The second-order valence-corrected chi connectivity index (χ2v) is 17.8. The fourth-order valence-electron chi connectivity index (χ4n) is 5.01. The Kier molecular flexibility index (Phi) is 21.7. The van der Waals surface area contributed by atoms with Crippen LogP contribution in [0.15, 0.2) is 105 Å². The predicted molar refractivity (Wildman–Crippen MR) is 209 cm³/mol. The number of nitrogens with one attached hydrogen (secondary N) is 4. The van der Waals surface area contributed by atoms with E-state index in [4.69, 9.17) is 23.2 Å². The fraction of sp³-hybridized carbons (Fsp3) is 0. The van der Waals surface area contributed by atoms with E-state index >= 15 is 0 Å². The van der Waals surface area contributed by atoms with Gasteiger partial charge >= 0.3 is 118 Å². The zero-order chi connectivity index (χ0) is 43.6. The van der Waals surface area contributed by atoms with Crippen molar-refractivity contribution in [1.82, 2.24) is 29.9 Å². The molecule has 0 fully saturated rings. The van der Waals surface area contributed by atoms with Gasteiger partial charge in [-0.25, -0.2) is 33.7 Å². The van der Waals surface area contributed by atoms with Crippen LogP contribution in [-0.2, 0) is 40.5 Å². The molecule has 0 aliphatic rings. The van der Waals surface area contributed by atoms with Crippen LogP contribution in [0, 0.1) is 0 Å². The van der Waals surface area contributed by atoms with Gasteiger partial charge in [-0.2, -0.15) is 29.9 Å². The van der Waals surface area contributed by atoms with Crippen LogP contribution in [0.5, 0.6) is 0 Å². The number of anilines is 8. The molecular formula is C32H20Cl2N10Na4O12S4. The Morgan fingerprint density at radius 3 is 0.984 bits per heavy atom. The molecule has 2 heterocycles. The summed E-state index contributed by atoms with van der Waals surface area (Å²) in [4.78, 5) is 21.0. The Balaban J connectivity index is 0.00000352. The molecule has 0 saturated carbocycles. The van der Waals surface area contributed by atoms with Crippen LogP contribution < -0.4 is 139 Å². The molecule has 0 bridgehead atoms. The fourth-order valence-corrected chi connectivity index (χ4v) is 7.76. The van der Waals surface area contributed by atoms with Crippen LogP contribution in [-0.4, -0.2) is 81.8 Å². The minimum absolute atomic E-state index is 0. The first-order chi connectivity index (χ1) is 28.0. The normalized spacial score (nSPS) is 11.5. The summed E-state index contributed by atoms with van der Waals surface area (Å²) in [7, 11) is -20.0. The first-order valence-electron chi connectivity index (χ1n) is 15.9. The number of benzene rings is 4. The maximum atomic E-state index is 12.4. The molecule has 6 rings (SSSR count). The van der Waals surface area contributed by atoms with E-state index in [2.05, 4.69) is 51.2 Å². The van der Waals surface area contributed by atoms with Gasteiger partial charge in [0.1, 0.15) is 40.5 Å². The first kappa shape index (κ1) is 58.2. The summed E-state index contributed by atoms with van der Waals surface area (Å²) in [5, 5.41) is 9.87. The minimum Gasteiger partial charge on any atom is -0.744 e. The Morgan fingerprint density at radius 2 is 0.703 bits per heavy atom. The molecule has 0 unspecified atom stereocenters. The van der Waals surface area contributed by atoms with E-state index in [-0.39, 0.29) is 186 Å². The van der Waals surface area contributed by atoms with Gasteiger partial charge in [0.2, 0.25) is 34.4 Å². The standard InChI is InChI=1S/C32H24Cl2N10O12S4.4Na/c33-27-39-29(35-19-3-1-5-23(13-19)57(45,46)47)43-31(41-27)37-21-11-9-17(25(15-21)59(51,52)53)7-8-18-10-12-22(16-26(18)60(54,55)56)38-32-42-28(34)40-30(44-32)36-20-4-2-6-24(14-20)58(48,49)50;;;;/h1-16H,(H,45,46,47)(H,48,49,50)(H,51,52,53)(H,54,55,56)(H2,35,37,39,41,43)(H2,36,38,40,42,44);;;;/q;4*+1/p-4. The monoisotopic (exact) mass is 1030 g/mol. The van der Waals surface area contributed by atoms with Gasteiger partial charge in [-0.1, -0.05) is 36.4 Å². The predicted octanol–water partition coefficient (Wildman–Crippen LogP) is -7.86. The van der Waals surface area contributed by atoms with E-state index < -0.39 is 60.1 Å². The van der Waals surface area contributed by atoms with Crippen LogP contribution in [0.1, 0.15) is 11.1 Å². The van der Waals surface area contributed by atoms with E-state index in [1.807, 2.05) is 0 Å². The third kappa shape index (κ3) is 16.4. The molecule has 22 nitrogen and oxygen atoms in total. The molecule has 0 aliphatic carbocycles. The zero-order valence-electron chi connectivity index (χ0n) is 33.2. The van der Waals surface area contributed by atoms with Crippen molar-refractivity contribution < 1.29 is 170 Å². The maximum absolute atomic E-state index is 12.4. The van der Waals surface area contributed by atoms with Gasteiger partial charge < -0.3 is 39.5 Å². The second-order valence-electron chi connectivity index (χ2n) is 11.7. The van der Waals surface area contributed by atoms with Gasteiger partial charge in [-0.05, 0) is 95.0 Å². The van der Waals surface area contributed by atoms with E-state index in [0.29, 0.717) is 0 Å². The van der Waals surface area contributed by atoms with Crippen LogP contribution >= 0.6 is 23.2 Å². The zero-order valence-corrected chi connectivity index (χ0v) is 46.0. The SMILES string of the molecule is O=S(=O)([O-])c1cccc(Nc2nc(Cl)nc(Nc3ccc(C=Cc4ccc(Nc5nc(Cl)nc(Nc6cccc(S(=O)(=O)[O-])c6)n5)cc4S(=O)(=O)[O-])c(S(=O)(=O)[O-])c3)n2)c1.[Na+].[Na+].[Na+].[Na+]. The molecule has 4 N–H and O–H groups in total. The summed E-state index contributed by atoms with van der Waals surface area (Å²) < 4.78 is 143. The van der Waals surface area contributed by atoms with E-state index in [0.717, 1.165) is 48.6 Å². The van der Waals surface area contributed by atoms with Crippen LogP contribution in [0.2, 0.25) is 10.6 Å². The van der Waals surface area contributed by atoms with Crippen molar-refractivity contribution in [2.45, 2.75) is 19.6 Å². The molecule has 0 amide bonds. The molecule has 0 radical (unpaired) electrons. The Morgan fingerprint density at radius 1 is 0.406 bits per heavy atom. The minimum atomic E-state index is -5.21. The van der Waals surface area contributed by atoms with Crippen LogP contribution in [0.4, 0.5) is 46.5 Å². The Bertz CT molecular complexity index is 2970. The molecule has 2 aromatic heterocycles. The van der Waals surface area contributed by atoms with Crippen molar-refractivity contribution in [3.63, 3.8) is 0 Å². The van der Waals surface area contributed by atoms with Gasteiger partial charge in [0.25, 0.3) is 0 Å². The number of aromatic nitrogens is 6. The van der Waals surface area contributed by atoms with Crippen molar-refractivity contribution in [3.8, 4) is 0 Å². The molecule has 6 aromatic rings. The number of hydrogen-bond donors (Lipinski definition) is 4. The average molecular weight is 1030 g/mol. The number of halogens is 2. The molecule has 0 aliphatic heterocycles. The van der Waals surface area contributed by atoms with E-state index in [9.17, 15) is 51.9 Å². The van der Waals surface area contributed by atoms with Crippen molar-refractivity contribution in [1.29, 1.82) is 0 Å². The van der Waals surface area contributed by atoms with Crippen LogP contribution in [0.3, 0.4) is 0 Å². The van der Waals surface area contributed by atoms with Crippen molar-refractivity contribution in [2.24, 2.45) is 0 Å². The molecular weight excluding hydrogens is 1010 g/mol. The van der Waals surface area contributed by atoms with Crippen LogP contribution in [0.25, 0.3) is 12.2 Å². The maximum Gasteiger partial charge on any atom is 1.00 e. The third-order valence-corrected chi connectivity index (χ3v) is 11.3. The van der Waals surface area contributed by atoms with E-state index in [1.54, 1.807) is 0 Å². The molecule has 32 heteroatoms. The van der Waals surface area contributed by atoms with Gasteiger partial charge in [-0.3, -0.25) is 0 Å². The topological polar surface area (TPSA) is 354 Å². The summed E-state index contributed by atoms with van der Waals surface area (Å²) in [5.41, 5.74) is -0.366. The summed E-state index contributed by atoms with van der Waals surface area (Å²) in [6.07, 6.45) is 2.14. The molecule has 0 atom stereocenters. The summed E-state index contributed by atoms with van der Waals surface area (Å²) >= 11 is 12.0. The molecule has 64 heavy (non-hydrogen) atoms. The Hall–Kier alpha value is -1.94. The van der Waals surface area contributed by atoms with Crippen molar-refractivity contribution in [2.75, 3.05) is 21.3 Å². The number of nitrogens with zero attached hydrogens (tertiary/aromatic N) is 6. The summed E-state index contributed by atoms with van der Waals surface area (Å²) in [6, 6.07) is 16.4. The number of rotatable bonds is 14. The number of hydrogen-bond acceptors (Lipinski definition) is 22. The van der Waals surface area contributed by atoms with E-state index in [1.165, 1.54) is 48.5 Å². The molecule has 0 saturated heterocycles. The van der Waals surface area contributed by atoms with Gasteiger partial charge in [0.05, 0.1) is 19.6 Å². The van der Waals surface area contributed by atoms with Gasteiger partial charge in [0, 0.05) is 22.7 Å². The molecule has 4 aromatic carbocycles. The van der Waals surface area contributed by atoms with Gasteiger partial charge in [-0.15, -0.1) is 0 Å². The largest absolute Gasteiger partial charge is 1.00 e. The quantitative estimate of drug-likeness (QED) is 0.0447. The summed E-state index contributed by atoms with van der Waals surface area (Å²) in [5.74, 6) is -0.981. The average Bonchev–Trinajstić information content (AvgIpc) is 3.13. The summed E-state index contributed by atoms with van der Waals surface area (Å²) in [6.45, 7) is 0. The second kappa shape index (κ2) is 23.9.